The van der Waals surface area contributed by atoms with Crippen LogP contribution in [0.3, 0.4) is 0 Å². The van der Waals surface area contributed by atoms with Crippen LogP contribution in [-0.2, 0) is 9.53 Å². The lowest BCUT2D eigenvalue weighted by Gasteiger charge is -2.29. The van der Waals surface area contributed by atoms with Gasteiger partial charge in [0.05, 0.1) is 18.1 Å². The van der Waals surface area contributed by atoms with Crippen LogP contribution >= 0.6 is 0 Å². The van der Waals surface area contributed by atoms with Gasteiger partial charge in [0.25, 0.3) is 0 Å². The second kappa shape index (κ2) is 14.9. The van der Waals surface area contributed by atoms with E-state index in [9.17, 15) is 4.79 Å². The zero-order chi connectivity index (χ0) is 21.5. The van der Waals surface area contributed by atoms with E-state index in [1.165, 1.54) is 0 Å². The molecule has 1 saturated heterocycles. The van der Waals surface area contributed by atoms with Gasteiger partial charge in [-0.3, -0.25) is 4.79 Å². The van der Waals surface area contributed by atoms with Crippen molar-refractivity contribution in [2.24, 2.45) is 22.6 Å². The number of rotatable bonds is 10. The average molecular weight is 394 g/mol. The largest absolute Gasteiger partial charge is 0.384 e. The minimum Gasteiger partial charge on any atom is -0.384 e. The number of ether oxygens (including phenoxy) is 1. The van der Waals surface area contributed by atoms with Crippen molar-refractivity contribution in [3.8, 4) is 0 Å². The SMILES string of the molecule is C=C(/C=C\C=C/C)CC(NC(=O)C(C)C(OC)C1CCCN1)/C(N)=N/N.CC. The van der Waals surface area contributed by atoms with Gasteiger partial charge in [-0.25, -0.2) is 0 Å². The molecule has 4 atom stereocenters. The molecule has 160 valence electrons. The van der Waals surface area contributed by atoms with Crippen LogP contribution in [0.1, 0.15) is 47.0 Å². The molecule has 1 rings (SSSR count). The standard InChI is InChI=1S/C19H33N5O2.C2H6/c1-5-6-7-9-13(2)12-16(18(20)24-21)23-19(25)14(3)17(26-4)15-10-8-11-22-15;1-2/h5-7,9,14-17,22H,2,8,10-12,21H2,1,3-4H3,(H2,20,24)(H,23,25);1-2H3/b6-5-,9-7-;. The van der Waals surface area contributed by atoms with Crippen LogP contribution in [-0.4, -0.2) is 43.6 Å². The third-order valence-corrected chi connectivity index (χ3v) is 4.60. The summed E-state index contributed by atoms with van der Waals surface area (Å²) in [6, 6.07) is -0.329. The van der Waals surface area contributed by atoms with Crippen molar-refractivity contribution < 1.29 is 9.53 Å². The fourth-order valence-corrected chi connectivity index (χ4v) is 3.11. The Morgan fingerprint density at radius 3 is 2.61 bits per heavy atom. The van der Waals surface area contributed by atoms with Gasteiger partial charge in [-0.05, 0) is 32.7 Å². The van der Waals surface area contributed by atoms with Gasteiger partial charge in [-0.1, -0.05) is 57.2 Å². The second-order valence-electron chi connectivity index (χ2n) is 6.55. The lowest BCUT2D eigenvalue weighted by atomic mass is 9.95. The highest BCUT2D eigenvalue weighted by Crippen LogP contribution is 2.19. The summed E-state index contributed by atoms with van der Waals surface area (Å²) >= 11 is 0. The van der Waals surface area contributed by atoms with E-state index < -0.39 is 6.04 Å². The zero-order valence-corrected chi connectivity index (χ0v) is 18.1. The number of carbonyl (C=O) groups excluding carboxylic acids is 1. The summed E-state index contributed by atoms with van der Waals surface area (Å²) in [6.45, 7) is 12.7. The van der Waals surface area contributed by atoms with Crippen molar-refractivity contribution in [2.75, 3.05) is 13.7 Å². The molecule has 1 amide bonds. The highest BCUT2D eigenvalue weighted by Gasteiger charge is 2.34. The van der Waals surface area contributed by atoms with Gasteiger partial charge in [0, 0.05) is 13.2 Å². The number of hydrazone groups is 1. The quantitative estimate of drug-likeness (QED) is 0.149. The van der Waals surface area contributed by atoms with Crippen LogP contribution in [0, 0.1) is 5.92 Å². The Balaban J connectivity index is 0.00000352. The molecule has 1 fully saturated rings. The summed E-state index contributed by atoms with van der Waals surface area (Å²) in [6.07, 6.45) is 9.89. The van der Waals surface area contributed by atoms with Crippen LogP contribution < -0.4 is 22.2 Å². The molecule has 6 N–H and O–H groups in total. The normalized spacial score (nSPS) is 20.5. The highest BCUT2D eigenvalue weighted by molar-refractivity contribution is 5.91. The maximum absolute atomic E-state index is 12.7. The third kappa shape index (κ3) is 8.71. The van der Waals surface area contributed by atoms with Gasteiger partial charge in [0.15, 0.2) is 0 Å². The van der Waals surface area contributed by atoms with Crippen LogP contribution in [0.15, 0.2) is 41.6 Å². The van der Waals surface area contributed by atoms with Crippen molar-refractivity contribution in [3.63, 3.8) is 0 Å². The fourth-order valence-electron chi connectivity index (χ4n) is 3.11. The van der Waals surface area contributed by atoms with E-state index in [0.717, 1.165) is 25.0 Å². The summed E-state index contributed by atoms with van der Waals surface area (Å²) < 4.78 is 5.59. The summed E-state index contributed by atoms with van der Waals surface area (Å²) in [5.41, 5.74) is 6.70. The minimum absolute atomic E-state index is 0.146. The van der Waals surface area contributed by atoms with Gasteiger partial charge >= 0.3 is 0 Å². The van der Waals surface area contributed by atoms with E-state index in [2.05, 4.69) is 22.3 Å². The molecule has 1 heterocycles. The molecule has 0 spiro atoms. The van der Waals surface area contributed by atoms with Crippen LogP contribution in [0.5, 0.6) is 0 Å². The van der Waals surface area contributed by atoms with Gasteiger partial charge in [0.1, 0.15) is 5.84 Å². The molecule has 0 saturated carbocycles. The monoisotopic (exact) mass is 393 g/mol. The predicted molar refractivity (Wildman–Crippen MR) is 118 cm³/mol. The van der Waals surface area contributed by atoms with Crippen LogP contribution in [0.4, 0.5) is 0 Å². The first-order valence-electron chi connectivity index (χ1n) is 10.0. The Hall–Kier alpha value is -2.12. The lowest BCUT2D eigenvalue weighted by molar-refractivity contribution is -0.129. The number of nitrogens with one attached hydrogen (secondary N) is 2. The Labute approximate surface area is 170 Å². The first kappa shape index (κ1) is 25.9. The number of methoxy groups -OCH3 is 1. The molecular formula is C21H39N5O2. The average Bonchev–Trinajstić information content (AvgIpc) is 3.23. The molecule has 28 heavy (non-hydrogen) atoms. The molecule has 0 bridgehead atoms. The van der Waals surface area contributed by atoms with Crippen molar-refractivity contribution in [1.82, 2.24) is 10.6 Å². The molecule has 1 aliphatic heterocycles. The van der Waals surface area contributed by atoms with Crippen molar-refractivity contribution in [1.29, 1.82) is 0 Å². The van der Waals surface area contributed by atoms with Gasteiger partial charge < -0.3 is 26.9 Å². The Kier molecular flexibility index (Phi) is 13.8. The van der Waals surface area contributed by atoms with E-state index in [1.54, 1.807) is 7.11 Å². The highest BCUT2D eigenvalue weighted by atomic mass is 16.5. The number of carbonyl (C=O) groups is 1. The summed E-state index contributed by atoms with van der Waals surface area (Å²) in [5, 5.41) is 9.87. The van der Waals surface area contributed by atoms with E-state index in [0.29, 0.717) is 6.42 Å². The molecule has 4 unspecified atom stereocenters. The smallest absolute Gasteiger partial charge is 0.226 e. The Morgan fingerprint density at radius 2 is 2.11 bits per heavy atom. The number of hydrogen-bond donors (Lipinski definition) is 4. The molecular weight excluding hydrogens is 354 g/mol. The van der Waals surface area contributed by atoms with E-state index in [-0.39, 0.29) is 29.8 Å². The molecule has 0 aromatic heterocycles. The van der Waals surface area contributed by atoms with Crippen LogP contribution in [0.2, 0.25) is 0 Å². The second-order valence-corrected chi connectivity index (χ2v) is 6.55. The fraction of sp³-hybridized carbons (Fsp3) is 0.619. The molecule has 0 aliphatic carbocycles. The predicted octanol–water partition coefficient (Wildman–Crippen LogP) is 2.21. The number of nitrogens with zero attached hydrogens (tertiary/aromatic N) is 1. The number of amidine groups is 1. The molecule has 7 heteroatoms. The first-order valence-corrected chi connectivity index (χ1v) is 10.0. The van der Waals surface area contributed by atoms with Gasteiger partial charge in [0.2, 0.25) is 5.91 Å². The van der Waals surface area contributed by atoms with Crippen LogP contribution in [0.25, 0.3) is 0 Å². The number of allylic oxidation sites excluding steroid dienone is 4. The maximum atomic E-state index is 12.7. The van der Waals surface area contributed by atoms with E-state index in [1.807, 2.05) is 52.0 Å². The molecule has 0 aromatic rings. The number of nitrogens with two attached hydrogens (primary N) is 2. The maximum Gasteiger partial charge on any atom is 0.226 e. The number of hydrogen-bond acceptors (Lipinski definition) is 5. The van der Waals surface area contributed by atoms with Crippen molar-refractivity contribution >= 4 is 11.7 Å². The Morgan fingerprint density at radius 1 is 1.43 bits per heavy atom. The third-order valence-electron chi connectivity index (χ3n) is 4.60. The summed E-state index contributed by atoms with van der Waals surface area (Å²) in [5.74, 6) is 5.01. The minimum atomic E-state index is -0.508. The zero-order valence-electron chi connectivity index (χ0n) is 18.1. The van der Waals surface area contributed by atoms with Gasteiger partial charge in [-0.15, -0.1) is 0 Å². The number of amides is 1. The Bertz CT molecular complexity index is 551. The van der Waals surface area contributed by atoms with Gasteiger partial charge in [-0.2, -0.15) is 5.10 Å². The molecule has 0 aromatic carbocycles. The van der Waals surface area contributed by atoms with Crippen molar-refractivity contribution in [2.45, 2.75) is 65.1 Å². The first-order chi connectivity index (χ1) is 13.4. The lowest BCUT2D eigenvalue weighted by Crippen LogP contribution is -2.51. The van der Waals surface area contributed by atoms with E-state index >= 15 is 0 Å². The summed E-state index contributed by atoms with van der Waals surface area (Å²) in [4.78, 5) is 12.7. The van der Waals surface area contributed by atoms with E-state index in [4.69, 9.17) is 16.3 Å². The van der Waals surface area contributed by atoms with Crippen molar-refractivity contribution in [3.05, 3.63) is 36.5 Å². The topological polar surface area (TPSA) is 115 Å². The molecule has 0 radical (unpaired) electrons. The molecule has 1 aliphatic rings. The summed E-state index contributed by atoms with van der Waals surface area (Å²) in [7, 11) is 1.63. The molecule has 7 nitrogen and oxygen atoms in total.